The van der Waals surface area contributed by atoms with E-state index in [1.165, 1.54) is 12.7 Å². The number of hydrogen-bond acceptors (Lipinski definition) is 12. The van der Waals surface area contributed by atoms with E-state index < -0.39 is 0 Å². The van der Waals surface area contributed by atoms with Crippen molar-refractivity contribution in [2.24, 2.45) is 11.8 Å². The molecule has 12 nitrogen and oxygen atoms in total. The summed E-state index contributed by atoms with van der Waals surface area (Å²) < 4.78 is 0. The smallest absolute Gasteiger partial charge is 0.228 e. The third-order valence-corrected chi connectivity index (χ3v) is 11.0. The normalized spacial score (nSPS) is 11.0. The van der Waals surface area contributed by atoms with E-state index >= 15 is 0 Å². The number of carbonyl (C=O) groups is 2. The third-order valence-electron chi connectivity index (χ3n) is 8.87. The molecule has 2 aromatic heterocycles. The molecule has 4 N–H and O–H groups in total. The minimum atomic E-state index is -0.195. The van der Waals surface area contributed by atoms with Crippen LogP contribution in [0.4, 0.5) is 46.0 Å². The highest BCUT2D eigenvalue weighted by Gasteiger charge is 2.15. The lowest BCUT2D eigenvalue weighted by Gasteiger charge is -2.17. The highest BCUT2D eigenvalue weighted by Crippen LogP contribution is 2.41. The van der Waals surface area contributed by atoms with Crippen molar-refractivity contribution in [3.05, 3.63) is 110 Å². The van der Waals surface area contributed by atoms with Crippen molar-refractivity contribution in [3.63, 3.8) is 0 Å². The van der Waals surface area contributed by atoms with Gasteiger partial charge in [-0.25, -0.2) is 19.9 Å². The van der Waals surface area contributed by atoms with Crippen LogP contribution in [0.1, 0.15) is 27.7 Å². The van der Waals surface area contributed by atoms with Crippen LogP contribution in [0, 0.1) is 11.8 Å². The summed E-state index contributed by atoms with van der Waals surface area (Å²) >= 11 is 3.28. The lowest BCUT2D eigenvalue weighted by Crippen LogP contribution is -2.18. The van der Waals surface area contributed by atoms with Crippen molar-refractivity contribution in [1.82, 2.24) is 19.9 Å². The van der Waals surface area contributed by atoms with E-state index in [0.29, 0.717) is 23.3 Å². The van der Waals surface area contributed by atoms with E-state index in [2.05, 4.69) is 136 Å². The number of benzene rings is 4. The first-order valence-electron chi connectivity index (χ1n) is 18.8. The van der Waals surface area contributed by atoms with Crippen LogP contribution in [0.15, 0.2) is 129 Å². The molecule has 0 bridgehead atoms. The van der Waals surface area contributed by atoms with Gasteiger partial charge in [0.05, 0.1) is 11.4 Å². The van der Waals surface area contributed by atoms with Gasteiger partial charge in [0.25, 0.3) is 0 Å². The molecule has 4 aromatic carbocycles. The number of nitrogens with zero attached hydrogens (tertiary/aromatic N) is 6. The number of anilines is 8. The number of aromatic nitrogens is 4. The van der Waals surface area contributed by atoms with Crippen molar-refractivity contribution in [2.45, 2.75) is 47.3 Å². The summed E-state index contributed by atoms with van der Waals surface area (Å²) in [6.07, 6.45) is 2.87. The average molecular weight is 813 g/mol. The highest BCUT2D eigenvalue weighted by molar-refractivity contribution is 7.99. The Morgan fingerprint density at radius 3 is 1.21 bits per heavy atom. The molecule has 0 spiro atoms. The van der Waals surface area contributed by atoms with Gasteiger partial charge >= 0.3 is 0 Å². The quantitative estimate of drug-likeness (QED) is 0.0785. The molecule has 298 valence electrons. The standard InChI is InChI=1S/C44H48N10O2S2/c1-27(2)43(55)51-41-23-39(45-25-47-41)49-35-21-29(9-19-37(35)57-33-15-11-31(12-16-33)53(5)6)30-10-20-38(58-34-17-13-32(14-18-34)54(7)8)36(22-30)50-40-24-42(48-26-46-40)52-44(56)28(3)4/h9-28H,1-8H3,(H2,45,47,49,51,55)(H2,46,48,50,52,56). The van der Waals surface area contributed by atoms with Crippen LogP contribution >= 0.6 is 23.5 Å². The van der Waals surface area contributed by atoms with Gasteiger partial charge in [-0.1, -0.05) is 63.4 Å². The summed E-state index contributed by atoms with van der Waals surface area (Å²) in [4.78, 5) is 50.7. The molecule has 0 radical (unpaired) electrons. The molecule has 0 aliphatic rings. The maximum absolute atomic E-state index is 12.5. The number of carbonyl (C=O) groups excluding carboxylic acids is 2. The molecule has 0 atom stereocenters. The van der Waals surface area contributed by atoms with Crippen molar-refractivity contribution in [2.75, 3.05) is 59.3 Å². The fourth-order valence-corrected chi connectivity index (χ4v) is 7.24. The molecule has 2 amide bonds. The summed E-state index contributed by atoms with van der Waals surface area (Å²) in [6.45, 7) is 7.34. The zero-order valence-corrected chi connectivity index (χ0v) is 35.5. The van der Waals surface area contributed by atoms with E-state index in [0.717, 1.165) is 53.5 Å². The first-order valence-corrected chi connectivity index (χ1v) is 20.4. The van der Waals surface area contributed by atoms with E-state index in [1.54, 1.807) is 35.7 Å². The van der Waals surface area contributed by atoms with Gasteiger partial charge in [-0.15, -0.1) is 0 Å². The summed E-state index contributed by atoms with van der Waals surface area (Å²) in [5, 5.41) is 12.8. The molecule has 14 heteroatoms. The van der Waals surface area contributed by atoms with Gasteiger partial charge in [0.2, 0.25) is 11.8 Å². The minimum Gasteiger partial charge on any atom is -0.378 e. The van der Waals surface area contributed by atoms with Crippen LogP contribution in [0.25, 0.3) is 11.1 Å². The van der Waals surface area contributed by atoms with Crippen LogP contribution < -0.4 is 31.1 Å². The lowest BCUT2D eigenvalue weighted by atomic mass is 10.0. The second kappa shape index (κ2) is 18.9. The van der Waals surface area contributed by atoms with E-state index in [1.807, 2.05) is 55.9 Å². The van der Waals surface area contributed by atoms with Crippen molar-refractivity contribution >= 4 is 81.4 Å². The van der Waals surface area contributed by atoms with Crippen LogP contribution in [-0.2, 0) is 9.59 Å². The van der Waals surface area contributed by atoms with E-state index in [-0.39, 0.29) is 23.7 Å². The largest absolute Gasteiger partial charge is 0.378 e. The number of amides is 2. The summed E-state index contributed by atoms with van der Waals surface area (Å²) in [7, 11) is 8.09. The predicted octanol–water partition coefficient (Wildman–Crippen LogP) is 10.0. The van der Waals surface area contributed by atoms with Gasteiger partial charge < -0.3 is 31.1 Å². The summed E-state index contributed by atoms with van der Waals surface area (Å²) in [5.74, 6) is 1.26. The molecule has 6 rings (SSSR count). The first-order chi connectivity index (χ1) is 27.8. The molecule has 0 fully saturated rings. The predicted molar refractivity (Wildman–Crippen MR) is 239 cm³/mol. The Bertz CT molecular complexity index is 2200. The van der Waals surface area contributed by atoms with Gasteiger partial charge in [0, 0.05) is 83.1 Å². The SMILES string of the molecule is CC(C)C(=O)Nc1cc(Nc2cc(-c3ccc(Sc4ccc(N(C)C)cc4)c(Nc4cc(NC(=O)C(C)C)ncn4)c3)ccc2Sc2ccc(N(C)C)cc2)ncn1. The van der Waals surface area contributed by atoms with Crippen molar-refractivity contribution in [3.8, 4) is 11.1 Å². The monoisotopic (exact) mass is 812 g/mol. The number of rotatable bonds is 15. The van der Waals surface area contributed by atoms with Gasteiger partial charge in [-0.05, 0) is 83.9 Å². The van der Waals surface area contributed by atoms with Gasteiger partial charge in [0.1, 0.15) is 35.9 Å². The lowest BCUT2D eigenvalue weighted by molar-refractivity contribution is -0.119. The Balaban J connectivity index is 1.38. The Morgan fingerprint density at radius 2 is 0.862 bits per heavy atom. The molecule has 0 saturated carbocycles. The second-order valence-electron chi connectivity index (χ2n) is 14.5. The zero-order chi connectivity index (χ0) is 41.3. The number of hydrogen-bond donors (Lipinski definition) is 4. The maximum Gasteiger partial charge on any atom is 0.228 e. The molecular formula is C44H48N10O2S2. The molecule has 6 aromatic rings. The van der Waals surface area contributed by atoms with Crippen molar-refractivity contribution < 1.29 is 9.59 Å². The molecule has 0 aliphatic heterocycles. The Labute approximate surface area is 348 Å². The average Bonchev–Trinajstić information content (AvgIpc) is 3.20. The molecule has 58 heavy (non-hydrogen) atoms. The van der Waals surface area contributed by atoms with Gasteiger partial charge in [0.15, 0.2) is 0 Å². The van der Waals surface area contributed by atoms with Crippen LogP contribution in [0.5, 0.6) is 0 Å². The van der Waals surface area contributed by atoms with Crippen LogP contribution in [0.3, 0.4) is 0 Å². The Kier molecular flexibility index (Phi) is 13.5. The summed E-state index contributed by atoms with van der Waals surface area (Å²) in [6, 6.07) is 32.9. The molecular weight excluding hydrogens is 765 g/mol. The minimum absolute atomic E-state index is 0.126. The van der Waals surface area contributed by atoms with Gasteiger partial charge in [-0.2, -0.15) is 0 Å². The Morgan fingerprint density at radius 1 is 0.500 bits per heavy atom. The second-order valence-corrected chi connectivity index (χ2v) is 16.7. The topological polar surface area (TPSA) is 140 Å². The van der Waals surface area contributed by atoms with Gasteiger partial charge in [-0.3, -0.25) is 9.59 Å². The molecule has 0 unspecified atom stereocenters. The summed E-state index contributed by atoms with van der Waals surface area (Å²) in [5.41, 5.74) is 5.80. The van der Waals surface area contributed by atoms with E-state index in [9.17, 15) is 9.59 Å². The molecule has 0 aliphatic carbocycles. The fourth-order valence-electron chi connectivity index (χ4n) is 5.48. The fraction of sp³-hybridized carbons (Fsp3) is 0.227. The molecule has 0 saturated heterocycles. The van der Waals surface area contributed by atoms with Crippen LogP contribution in [0.2, 0.25) is 0 Å². The number of nitrogens with one attached hydrogen (secondary N) is 4. The zero-order valence-electron chi connectivity index (χ0n) is 33.9. The third kappa shape index (κ3) is 11.0. The first kappa shape index (κ1) is 41.5. The van der Waals surface area contributed by atoms with E-state index in [4.69, 9.17) is 0 Å². The molecule has 2 heterocycles. The Hall–Kier alpha value is -6.12. The van der Waals surface area contributed by atoms with Crippen molar-refractivity contribution in [1.29, 1.82) is 0 Å². The highest BCUT2D eigenvalue weighted by atomic mass is 32.2. The van der Waals surface area contributed by atoms with Crippen LogP contribution in [-0.4, -0.2) is 59.9 Å². The maximum atomic E-state index is 12.5.